The van der Waals surface area contributed by atoms with Crippen LogP contribution in [0.25, 0.3) is 11.6 Å². The SMILES string of the molecule is C=C/C(Cl)=c1/nc(C(=O)N2CCC(SC)=C(N=C)C2C)[nH]c1=C. The Kier molecular flexibility index (Phi) is 5.49. The molecule has 1 N–H and O–H groups in total. The molecule has 1 unspecified atom stereocenters. The number of carbonyl (C=O) groups excluding carboxylic acids is 1. The first kappa shape index (κ1) is 17.6. The molecule has 23 heavy (non-hydrogen) atoms. The number of hydrogen-bond donors (Lipinski definition) is 1. The maximum absolute atomic E-state index is 12.8. The molecule has 0 aliphatic carbocycles. The van der Waals surface area contributed by atoms with Crippen LogP contribution >= 0.6 is 23.4 Å². The maximum atomic E-state index is 12.8. The summed E-state index contributed by atoms with van der Waals surface area (Å²) < 4.78 is 0. The van der Waals surface area contributed by atoms with Gasteiger partial charge in [0.2, 0.25) is 0 Å². The van der Waals surface area contributed by atoms with E-state index in [2.05, 4.69) is 34.8 Å². The number of imidazole rings is 1. The van der Waals surface area contributed by atoms with Crippen LogP contribution in [0, 0.1) is 0 Å². The summed E-state index contributed by atoms with van der Waals surface area (Å²) in [7, 11) is 0. The van der Waals surface area contributed by atoms with Crippen molar-refractivity contribution in [3.05, 3.63) is 39.8 Å². The van der Waals surface area contributed by atoms with Crippen LogP contribution in [0.4, 0.5) is 0 Å². The molecule has 1 aliphatic heterocycles. The molecule has 0 aromatic carbocycles. The number of thioether (sulfide) groups is 1. The molecule has 1 amide bonds. The molecule has 1 aromatic rings. The van der Waals surface area contributed by atoms with E-state index in [0.717, 1.165) is 17.0 Å². The van der Waals surface area contributed by atoms with Gasteiger partial charge in [-0.15, -0.1) is 11.8 Å². The molecule has 0 radical (unpaired) electrons. The lowest BCUT2D eigenvalue weighted by Gasteiger charge is -2.34. The van der Waals surface area contributed by atoms with Crippen LogP contribution < -0.4 is 10.7 Å². The molecule has 1 aromatic heterocycles. The second kappa shape index (κ2) is 7.19. The average Bonchev–Trinajstić information content (AvgIpc) is 2.94. The lowest BCUT2D eigenvalue weighted by atomic mass is 10.1. The van der Waals surface area contributed by atoms with E-state index in [9.17, 15) is 4.79 Å². The normalized spacial score (nSPS) is 19.6. The van der Waals surface area contributed by atoms with Gasteiger partial charge in [0.05, 0.1) is 22.1 Å². The summed E-state index contributed by atoms with van der Waals surface area (Å²) in [6.07, 6.45) is 4.24. The quantitative estimate of drug-likeness (QED) is 0.843. The predicted molar refractivity (Wildman–Crippen MR) is 98.0 cm³/mol. The number of nitrogens with zero attached hydrogens (tertiary/aromatic N) is 3. The van der Waals surface area contributed by atoms with Crippen LogP contribution in [0.15, 0.2) is 28.2 Å². The van der Waals surface area contributed by atoms with Gasteiger partial charge in [0, 0.05) is 11.4 Å². The largest absolute Gasteiger partial charge is 0.334 e. The summed E-state index contributed by atoms with van der Waals surface area (Å²) in [5.74, 6) is 0.0105. The molecular formula is C16H19ClN4OS. The van der Waals surface area contributed by atoms with Crippen molar-refractivity contribution < 1.29 is 4.79 Å². The molecule has 5 nitrogen and oxygen atoms in total. The Bertz CT molecular complexity index is 795. The van der Waals surface area contributed by atoms with Gasteiger partial charge in [-0.2, -0.15) is 0 Å². The topological polar surface area (TPSA) is 61.4 Å². The van der Waals surface area contributed by atoms with Gasteiger partial charge in [-0.05, 0) is 32.4 Å². The Balaban J connectivity index is 2.40. The highest BCUT2D eigenvalue weighted by atomic mass is 35.5. The summed E-state index contributed by atoms with van der Waals surface area (Å²) in [6.45, 7) is 13.6. The number of rotatable bonds is 4. The number of nitrogens with one attached hydrogen (secondary N) is 1. The lowest BCUT2D eigenvalue weighted by Crippen LogP contribution is -2.43. The highest BCUT2D eigenvalue weighted by molar-refractivity contribution is 8.02. The fraction of sp³-hybridized carbons (Fsp3) is 0.312. The van der Waals surface area contributed by atoms with E-state index in [4.69, 9.17) is 11.6 Å². The zero-order chi connectivity index (χ0) is 17.1. The first-order chi connectivity index (χ1) is 10.9. The molecule has 1 atom stereocenters. The maximum Gasteiger partial charge on any atom is 0.290 e. The third-order valence-corrected chi connectivity index (χ3v) is 5.03. The third-order valence-electron chi connectivity index (χ3n) is 3.79. The van der Waals surface area contributed by atoms with Crippen LogP contribution in [0.2, 0.25) is 0 Å². The number of halogens is 1. The van der Waals surface area contributed by atoms with Crippen molar-refractivity contribution in [1.29, 1.82) is 0 Å². The number of allylic oxidation sites excluding steroid dienone is 1. The average molecular weight is 351 g/mol. The Morgan fingerprint density at radius 1 is 1.61 bits per heavy atom. The summed E-state index contributed by atoms with van der Waals surface area (Å²) >= 11 is 7.68. The molecule has 2 rings (SSSR count). The van der Waals surface area contributed by atoms with Crippen LogP contribution in [0.1, 0.15) is 24.0 Å². The molecule has 0 saturated carbocycles. The molecule has 0 fully saturated rings. The Morgan fingerprint density at radius 2 is 2.30 bits per heavy atom. The second-order valence-corrected chi connectivity index (χ2v) is 6.37. The van der Waals surface area contributed by atoms with E-state index in [1.807, 2.05) is 13.2 Å². The molecule has 0 spiro atoms. The van der Waals surface area contributed by atoms with Gasteiger partial charge in [0.1, 0.15) is 5.35 Å². The molecule has 1 aliphatic rings. The lowest BCUT2D eigenvalue weighted by molar-refractivity contribution is 0.0696. The number of aromatic nitrogens is 2. The van der Waals surface area contributed by atoms with E-state index in [-0.39, 0.29) is 17.8 Å². The molecule has 2 heterocycles. The number of aliphatic imine (C=N–C) groups is 1. The Labute approximate surface area is 144 Å². The van der Waals surface area contributed by atoms with Crippen LogP contribution in [-0.2, 0) is 0 Å². The number of amides is 1. The van der Waals surface area contributed by atoms with Gasteiger partial charge in [0.15, 0.2) is 5.82 Å². The Hall–Kier alpha value is -1.79. The number of carbonyl (C=O) groups is 1. The van der Waals surface area contributed by atoms with Gasteiger partial charge in [-0.3, -0.25) is 9.79 Å². The molecule has 0 saturated heterocycles. The summed E-state index contributed by atoms with van der Waals surface area (Å²) in [5, 5.41) is 1.29. The van der Waals surface area contributed by atoms with E-state index in [0.29, 0.717) is 22.3 Å². The van der Waals surface area contributed by atoms with Gasteiger partial charge in [0.25, 0.3) is 5.91 Å². The van der Waals surface area contributed by atoms with Crippen molar-refractivity contribution in [3.63, 3.8) is 0 Å². The highest BCUT2D eigenvalue weighted by Gasteiger charge is 2.31. The predicted octanol–water partition coefficient (Wildman–Crippen LogP) is 1.86. The van der Waals surface area contributed by atoms with Crippen molar-refractivity contribution in [1.82, 2.24) is 14.9 Å². The van der Waals surface area contributed by atoms with Crippen LogP contribution in [0.5, 0.6) is 0 Å². The monoisotopic (exact) mass is 350 g/mol. The third kappa shape index (κ3) is 3.28. The molecule has 0 bridgehead atoms. The highest BCUT2D eigenvalue weighted by Crippen LogP contribution is 2.31. The van der Waals surface area contributed by atoms with E-state index in [1.54, 1.807) is 16.7 Å². The van der Waals surface area contributed by atoms with Crippen LogP contribution in [0.3, 0.4) is 0 Å². The summed E-state index contributed by atoms with van der Waals surface area (Å²) in [4.78, 5) is 26.9. The fourth-order valence-corrected chi connectivity index (χ4v) is 3.47. The van der Waals surface area contributed by atoms with E-state index < -0.39 is 0 Å². The number of H-pyrrole nitrogens is 1. The van der Waals surface area contributed by atoms with Crippen molar-refractivity contribution in [2.75, 3.05) is 12.8 Å². The van der Waals surface area contributed by atoms with Crippen molar-refractivity contribution in [3.8, 4) is 0 Å². The fourth-order valence-electron chi connectivity index (χ4n) is 2.57. The minimum atomic E-state index is -0.205. The molecule has 122 valence electrons. The number of hydrogen-bond acceptors (Lipinski definition) is 4. The number of aromatic amines is 1. The van der Waals surface area contributed by atoms with E-state index >= 15 is 0 Å². The van der Waals surface area contributed by atoms with Crippen molar-refractivity contribution >= 4 is 47.6 Å². The van der Waals surface area contributed by atoms with Gasteiger partial charge >= 0.3 is 0 Å². The minimum Gasteiger partial charge on any atom is -0.334 e. The first-order valence-electron chi connectivity index (χ1n) is 7.06. The smallest absolute Gasteiger partial charge is 0.290 e. The van der Waals surface area contributed by atoms with Crippen LogP contribution in [-0.4, -0.2) is 46.3 Å². The molecule has 7 heteroatoms. The minimum absolute atomic E-state index is 0.156. The van der Waals surface area contributed by atoms with Crippen molar-refractivity contribution in [2.45, 2.75) is 19.4 Å². The zero-order valence-electron chi connectivity index (χ0n) is 13.2. The van der Waals surface area contributed by atoms with E-state index in [1.165, 1.54) is 6.08 Å². The van der Waals surface area contributed by atoms with Gasteiger partial charge in [-0.25, -0.2) is 4.98 Å². The second-order valence-electron chi connectivity index (χ2n) is 5.06. The summed E-state index contributed by atoms with van der Waals surface area (Å²) in [6, 6.07) is -0.156. The first-order valence-corrected chi connectivity index (χ1v) is 8.66. The van der Waals surface area contributed by atoms with Gasteiger partial charge in [-0.1, -0.05) is 24.8 Å². The molecular weight excluding hydrogens is 332 g/mol. The van der Waals surface area contributed by atoms with Gasteiger partial charge < -0.3 is 9.88 Å². The zero-order valence-corrected chi connectivity index (χ0v) is 14.8. The summed E-state index contributed by atoms with van der Waals surface area (Å²) in [5.41, 5.74) is 0.842. The van der Waals surface area contributed by atoms with Crippen molar-refractivity contribution in [2.24, 2.45) is 4.99 Å². The Morgan fingerprint density at radius 3 is 2.87 bits per heavy atom. The standard InChI is InChI=1S/C16H19ClN4OS/c1-6-11(17)13-9(2)19-15(20-13)16(22)21-8-7-12(23-5)14(18-4)10(21)3/h6,10H,1-2,4,7-8H2,3,5H3,(H,19,20)/b13-11-.